The molecule has 0 heterocycles. The van der Waals surface area contributed by atoms with Crippen LogP contribution in [-0.2, 0) is 18.3 Å². The van der Waals surface area contributed by atoms with Crippen LogP contribution in [0.4, 0.5) is 17.6 Å². The first kappa shape index (κ1) is 18.2. The van der Waals surface area contributed by atoms with Gasteiger partial charge >= 0.3 is 11.8 Å². The van der Waals surface area contributed by atoms with Crippen molar-refractivity contribution in [1.82, 2.24) is 0 Å². The van der Waals surface area contributed by atoms with Crippen LogP contribution in [0.15, 0.2) is 67.3 Å². The Bertz CT molecular complexity index is 683. The molecule has 0 radical (unpaired) electrons. The highest BCUT2D eigenvalue weighted by molar-refractivity contribution is 5.36. The van der Waals surface area contributed by atoms with Gasteiger partial charge in [0.2, 0.25) is 0 Å². The minimum Gasteiger partial charge on any atom is -0.327 e. The van der Waals surface area contributed by atoms with Crippen molar-refractivity contribution < 1.29 is 17.6 Å². The molecular formula is C19H19F4N. The third-order valence-corrected chi connectivity index (χ3v) is 3.84. The Labute approximate surface area is 138 Å². The van der Waals surface area contributed by atoms with Gasteiger partial charge in [-0.3, -0.25) is 0 Å². The summed E-state index contributed by atoms with van der Waals surface area (Å²) in [6.45, 7) is 3.54. The van der Waals surface area contributed by atoms with E-state index in [4.69, 9.17) is 5.73 Å². The topological polar surface area (TPSA) is 26.0 Å². The summed E-state index contributed by atoms with van der Waals surface area (Å²) in [6.07, 6.45) is 2.06. The van der Waals surface area contributed by atoms with E-state index in [0.717, 1.165) is 18.2 Å². The van der Waals surface area contributed by atoms with E-state index in [0.29, 0.717) is 6.42 Å². The maximum absolute atomic E-state index is 14.7. The standard InChI is InChI=1S/C19H19F4N/c1-2-8-16(24)13-14-9-6-7-12-17(14)19(22,23)18(20,21)15-10-4-3-5-11-15/h2-7,9-12,16H,1,8,13,24H2. The zero-order valence-corrected chi connectivity index (χ0v) is 13.1. The summed E-state index contributed by atoms with van der Waals surface area (Å²) in [5.74, 6) is -8.67. The fourth-order valence-electron chi connectivity index (χ4n) is 2.58. The van der Waals surface area contributed by atoms with Gasteiger partial charge in [0.25, 0.3) is 0 Å². The molecule has 0 spiro atoms. The molecule has 0 bridgehead atoms. The Kier molecular flexibility index (Phi) is 5.44. The van der Waals surface area contributed by atoms with Crippen LogP contribution >= 0.6 is 0 Å². The molecule has 0 fully saturated rings. The largest absolute Gasteiger partial charge is 0.340 e. The van der Waals surface area contributed by atoms with Crippen molar-refractivity contribution in [3.8, 4) is 0 Å². The van der Waals surface area contributed by atoms with Gasteiger partial charge in [-0.15, -0.1) is 6.58 Å². The molecule has 0 aliphatic carbocycles. The van der Waals surface area contributed by atoms with Crippen LogP contribution in [0, 0.1) is 0 Å². The van der Waals surface area contributed by atoms with Gasteiger partial charge in [-0.05, 0) is 18.4 Å². The number of hydrogen-bond acceptors (Lipinski definition) is 1. The fourth-order valence-corrected chi connectivity index (χ4v) is 2.58. The van der Waals surface area contributed by atoms with Crippen LogP contribution < -0.4 is 5.73 Å². The minimum absolute atomic E-state index is 0.0721. The van der Waals surface area contributed by atoms with Crippen LogP contribution in [0.2, 0.25) is 0 Å². The Morgan fingerprint density at radius 3 is 2.12 bits per heavy atom. The molecule has 0 aliphatic rings. The highest BCUT2D eigenvalue weighted by Gasteiger charge is 2.59. The lowest BCUT2D eigenvalue weighted by atomic mass is 9.90. The average Bonchev–Trinajstić information content (AvgIpc) is 2.56. The van der Waals surface area contributed by atoms with Gasteiger partial charge in [0.05, 0.1) is 0 Å². The molecule has 0 amide bonds. The Balaban J connectivity index is 2.44. The quantitative estimate of drug-likeness (QED) is 0.557. The van der Waals surface area contributed by atoms with Gasteiger partial charge in [0, 0.05) is 17.2 Å². The van der Waals surface area contributed by atoms with E-state index in [2.05, 4.69) is 6.58 Å². The molecule has 2 rings (SSSR count). The summed E-state index contributed by atoms with van der Waals surface area (Å²) in [5, 5.41) is 0. The van der Waals surface area contributed by atoms with Gasteiger partial charge in [0.15, 0.2) is 0 Å². The molecular weight excluding hydrogens is 318 g/mol. The third kappa shape index (κ3) is 3.51. The third-order valence-electron chi connectivity index (χ3n) is 3.84. The molecule has 128 valence electrons. The molecule has 24 heavy (non-hydrogen) atoms. The Morgan fingerprint density at radius 1 is 0.917 bits per heavy atom. The molecule has 1 unspecified atom stereocenters. The van der Waals surface area contributed by atoms with E-state index < -0.39 is 29.0 Å². The summed E-state index contributed by atoms with van der Waals surface area (Å²) in [6, 6.07) is 11.0. The monoisotopic (exact) mass is 337 g/mol. The highest BCUT2D eigenvalue weighted by atomic mass is 19.3. The molecule has 0 aromatic heterocycles. The lowest BCUT2D eigenvalue weighted by Gasteiger charge is -2.29. The molecule has 1 atom stereocenters. The SMILES string of the molecule is C=CCC(N)Cc1ccccc1C(F)(F)C(F)(F)c1ccccc1. The number of hydrogen-bond donors (Lipinski definition) is 1. The predicted octanol–water partition coefficient (Wildman–Crippen LogP) is 5.02. The van der Waals surface area contributed by atoms with Crippen molar-refractivity contribution in [1.29, 1.82) is 0 Å². The summed E-state index contributed by atoms with van der Waals surface area (Å²) in [5.41, 5.74) is 4.54. The molecule has 0 saturated carbocycles. The Morgan fingerprint density at radius 2 is 1.50 bits per heavy atom. The van der Waals surface area contributed by atoms with Crippen LogP contribution in [-0.4, -0.2) is 6.04 Å². The van der Waals surface area contributed by atoms with Gasteiger partial charge in [0.1, 0.15) is 0 Å². The zero-order valence-electron chi connectivity index (χ0n) is 13.1. The summed E-state index contributed by atoms with van der Waals surface area (Å²) in [7, 11) is 0. The second-order valence-electron chi connectivity index (χ2n) is 5.66. The molecule has 0 aliphatic heterocycles. The predicted molar refractivity (Wildman–Crippen MR) is 87.2 cm³/mol. The van der Waals surface area contributed by atoms with Crippen LogP contribution in [0.25, 0.3) is 0 Å². The molecule has 1 nitrogen and oxygen atoms in total. The average molecular weight is 337 g/mol. The lowest BCUT2D eigenvalue weighted by molar-refractivity contribution is -0.224. The van der Waals surface area contributed by atoms with Crippen LogP contribution in [0.5, 0.6) is 0 Å². The normalized spacial score (nSPS) is 13.5. The van der Waals surface area contributed by atoms with Crippen molar-refractivity contribution >= 4 is 0 Å². The first-order valence-electron chi connectivity index (χ1n) is 7.56. The number of alkyl halides is 4. The zero-order chi connectivity index (χ0) is 17.8. The highest BCUT2D eigenvalue weighted by Crippen LogP contribution is 2.50. The van der Waals surface area contributed by atoms with Gasteiger partial charge in [-0.25, -0.2) is 0 Å². The first-order valence-corrected chi connectivity index (χ1v) is 7.56. The first-order chi connectivity index (χ1) is 11.3. The maximum atomic E-state index is 14.7. The van der Waals surface area contributed by atoms with Gasteiger partial charge in [-0.1, -0.05) is 60.7 Å². The fraction of sp³-hybridized carbons (Fsp3) is 0.263. The van der Waals surface area contributed by atoms with Crippen molar-refractivity contribution in [3.63, 3.8) is 0 Å². The van der Waals surface area contributed by atoms with Gasteiger partial charge < -0.3 is 5.73 Å². The number of halogens is 4. The summed E-state index contributed by atoms with van der Waals surface area (Å²) in [4.78, 5) is 0. The smallest absolute Gasteiger partial charge is 0.327 e. The Hall–Kier alpha value is -2.14. The molecule has 2 aromatic carbocycles. The van der Waals surface area contributed by atoms with E-state index in [1.165, 1.54) is 36.4 Å². The van der Waals surface area contributed by atoms with Crippen molar-refractivity contribution in [3.05, 3.63) is 83.9 Å². The molecule has 0 saturated heterocycles. The number of nitrogens with two attached hydrogens (primary N) is 1. The van der Waals surface area contributed by atoms with Crippen LogP contribution in [0.1, 0.15) is 23.1 Å². The summed E-state index contributed by atoms with van der Waals surface area (Å²) >= 11 is 0. The van der Waals surface area contributed by atoms with E-state index in [1.807, 2.05) is 0 Å². The van der Waals surface area contributed by atoms with Crippen LogP contribution in [0.3, 0.4) is 0 Å². The number of benzene rings is 2. The van der Waals surface area contributed by atoms with E-state index in [9.17, 15) is 17.6 Å². The molecule has 2 N–H and O–H groups in total. The second kappa shape index (κ2) is 7.18. The summed E-state index contributed by atoms with van der Waals surface area (Å²) < 4.78 is 58.4. The van der Waals surface area contributed by atoms with Gasteiger partial charge in [-0.2, -0.15) is 17.6 Å². The number of rotatable bonds is 7. The minimum atomic E-state index is -4.35. The van der Waals surface area contributed by atoms with E-state index >= 15 is 0 Å². The van der Waals surface area contributed by atoms with E-state index in [-0.39, 0.29) is 12.0 Å². The second-order valence-corrected chi connectivity index (χ2v) is 5.66. The van der Waals surface area contributed by atoms with Crippen molar-refractivity contribution in [2.24, 2.45) is 5.73 Å². The molecule has 5 heteroatoms. The lowest BCUT2D eigenvalue weighted by Crippen LogP contribution is -2.37. The van der Waals surface area contributed by atoms with Crippen molar-refractivity contribution in [2.75, 3.05) is 0 Å². The van der Waals surface area contributed by atoms with Crippen molar-refractivity contribution in [2.45, 2.75) is 30.7 Å². The molecule has 2 aromatic rings. The maximum Gasteiger partial charge on any atom is 0.340 e. The van der Waals surface area contributed by atoms with E-state index in [1.54, 1.807) is 6.08 Å².